The smallest absolute Gasteiger partial charge is 0.306 e. The Morgan fingerprint density at radius 1 is 0.318 bits per heavy atom. The van der Waals surface area contributed by atoms with Gasteiger partial charge in [-0.15, -0.1) is 0 Å². The van der Waals surface area contributed by atoms with Gasteiger partial charge in [0, 0.05) is 19.3 Å². The van der Waals surface area contributed by atoms with Crippen molar-refractivity contribution in [3.05, 3.63) is 109 Å². The van der Waals surface area contributed by atoms with Crippen LogP contribution in [0.5, 0.6) is 0 Å². The van der Waals surface area contributed by atoms with Gasteiger partial charge in [0.25, 0.3) is 0 Å². The van der Waals surface area contributed by atoms with Gasteiger partial charge in [-0.25, -0.2) is 0 Å². The maximum Gasteiger partial charge on any atom is 0.306 e. The van der Waals surface area contributed by atoms with Crippen LogP contribution >= 0.6 is 0 Å². The number of esters is 3. The molecule has 0 aliphatic carbocycles. The summed E-state index contributed by atoms with van der Waals surface area (Å²) < 4.78 is 16.8. The van der Waals surface area contributed by atoms with Gasteiger partial charge in [-0.05, 0) is 83.5 Å². The normalized spacial score (nSPS) is 13.0. The van der Waals surface area contributed by atoms with Crippen LogP contribution in [0.25, 0.3) is 0 Å². The summed E-state index contributed by atoms with van der Waals surface area (Å²) in [7, 11) is 0. The average Bonchev–Trinajstić information content (AvgIpc) is 3.31. The molecule has 0 amide bonds. The lowest BCUT2D eigenvalue weighted by Crippen LogP contribution is -2.30. The number of unbranched alkanes of at least 4 members (excludes halogenated alkanes) is 24. The fraction of sp³-hybridized carbons (Fsp3) is 0.650. The second-order valence-corrected chi connectivity index (χ2v) is 17.6. The van der Waals surface area contributed by atoms with Crippen molar-refractivity contribution >= 4 is 17.9 Å². The zero-order chi connectivity index (χ0) is 47.9. The average molecular weight is 915 g/mol. The molecular weight excluding hydrogens is 817 g/mol. The zero-order valence-electron chi connectivity index (χ0n) is 42.7. The first kappa shape index (κ1) is 62.1. The van der Waals surface area contributed by atoms with Crippen LogP contribution < -0.4 is 0 Å². The first-order chi connectivity index (χ1) is 32.5. The van der Waals surface area contributed by atoms with Crippen LogP contribution in [-0.4, -0.2) is 37.2 Å². The number of carbonyl (C=O) groups excluding carboxylic acids is 3. The minimum absolute atomic E-state index is 0.101. The molecule has 0 aromatic heterocycles. The predicted octanol–water partition coefficient (Wildman–Crippen LogP) is 17.9. The van der Waals surface area contributed by atoms with E-state index in [1.165, 1.54) is 77.0 Å². The minimum Gasteiger partial charge on any atom is -0.462 e. The Labute approximate surface area is 406 Å². The molecule has 0 aliphatic rings. The van der Waals surface area contributed by atoms with Crippen LogP contribution in [-0.2, 0) is 28.6 Å². The first-order valence-corrected chi connectivity index (χ1v) is 27.0. The fourth-order valence-electron chi connectivity index (χ4n) is 7.15. The Hall–Kier alpha value is -3.93. The lowest BCUT2D eigenvalue weighted by Gasteiger charge is -2.18. The molecule has 0 rings (SSSR count). The number of carbonyl (C=O) groups is 3. The van der Waals surface area contributed by atoms with Crippen molar-refractivity contribution in [2.24, 2.45) is 0 Å². The van der Waals surface area contributed by atoms with Gasteiger partial charge in [0.05, 0.1) is 0 Å². The number of hydrogen-bond donors (Lipinski definition) is 0. The van der Waals surface area contributed by atoms with E-state index in [1.54, 1.807) is 0 Å². The molecule has 374 valence electrons. The van der Waals surface area contributed by atoms with Gasteiger partial charge in [0.2, 0.25) is 0 Å². The second kappa shape index (κ2) is 53.7. The Morgan fingerprint density at radius 3 is 0.939 bits per heavy atom. The molecule has 0 spiro atoms. The lowest BCUT2D eigenvalue weighted by atomic mass is 10.1. The zero-order valence-corrected chi connectivity index (χ0v) is 42.7. The van der Waals surface area contributed by atoms with E-state index in [2.05, 4.69) is 112 Å². The third-order valence-corrected chi connectivity index (χ3v) is 11.2. The Balaban J connectivity index is 4.48. The largest absolute Gasteiger partial charge is 0.462 e. The summed E-state index contributed by atoms with van der Waals surface area (Å²) in [5.74, 6) is -0.954. The van der Waals surface area contributed by atoms with Crippen molar-refractivity contribution in [2.75, 3.05) is 13.2 Å². The van der Waals surface area contributed by atoms with Crippen molar-refractivity contribution in [2.45, 2.75) is 239 Å². The van der Waals surface area contributed by atoms with Crippen LogP contribution in [0.1, 0.15) is 233 Å². The Morgan fingerprint density at radius 2 is 0.591 bits per heavy atom. The molecule has 66 heavy (non-hydrogen) atoms. The van der Waals surface area contributed by atoms with Crippen LogP contribution in [0, 0.1) is 0 Å². The maximum atomic E-state index is 12.8. The van der Waals surface area contributed by atoms with Crippen LogP contribution in [0.2, 0.25) is 0 Å². The number of hydrogen-bond acceptors (Lipinski definition) is 6. The highest BCUT2D eigenvalue weighted by atomic mass is 16.6. The monoisotopic (exact) mass is 915 g/mol. The summed E-state index contributed by atoms with van der Waals surface area (Å²) in [4.78, 5) is 38.1. The van der Waals surface area contributed by atoms with Gasteiger partial charge in [-0.3, -0.25) is 14.4 Å². The fourth-order valence-corrected chi connectivity index (χ4v) is 7.15. The van der Waals surface area contributed by atoms with Crippen molar-refractivity contribution < 1.29 is 28.6 Å². The summed E-state index contributed by atoms with van der Waals surface area (Å²) in [6, 6.07) is 0. The van der Waals surface area contributed by atoms with Gasteiger partial charge in [-0.2, -0.15) is 0 Å². The number of rotatable bonds is 47. The van der Waals surface area contributed by atoms with Gasteiger partial charge >= 0.3 is 17.9 Å². The standard InChI is InChI=1S/C60H98O6/c1-4-7-10-13-16-19-22-25-28-29-30-33-35-38-41-44-47-50-53-59(62)65-56-57(66-60(63)54-51-48-45-42-39-36-32-27-24-21-18-15-12-9-6-3)55-64-58(61)52-49-46-43-40-37-34-31-26-23-20-17-14-11-8-5-2/h8-9,11-12,14-15,17-18,20-21,23-24,27-30,32-33,57H,4-7,10,13,16,19,22,25-26,31,34-56H2,1-3H3/b11-8-,12-9-,17-14-,18-15-,23-20-,24-21-,29-28-,32-27-,33-30-. The second-order valence-electron chi connectivity index (χ2n) is 17.6. The minimum atomic E-state index is -0.804. The summed E-state index contributed by atoms with van der Waals surface area (Å²) in [5, 5.41) is 0. The molecule has 6 nitrogen and oxygen atoms in total. The molecule has 0 radical (unpaired) electrons. The highest BCUT2D eigenvalue weighted by Crippen LogP contribution is 2.14. The van der Waals surface area contributed by atoms with Crippen LogP contribution in [0.15, 0.2) is 109 Å². The van der Waals surface area contributed by atoms with Gasteiger partial charge in [0.1, 0.15) is 13.2 Å². The molecule has 0 aliphatic heterocycles. The highest BCUT2D eigenvalue weighted by Gasteiger charge is 2.19. The molecule has 0 aromatic carbocycles. The molecule has 0 saturated heterocycles. The van der Waals surface area contributed by atoms with E-state index < -0.39 is 6.10 Å². The summed E-state index contributed by atoms with van der Waals surface area (Å²) in [5.41, 5.74) is 0. The third kappa shape index (κ3) is 51.1. The maximum absolute atomic E-state index is 12.8. The molecule has 0 aromatic rings. The highest BCUT2D eigenvalue weighted by molar-refractivity contribution is 5.71. The van der Waals surface area contributed by atoms with Crippen molar-refractivity contribution in [3.8, 4) is 0 Å². The Bertz CT molecular complexity index is 1370. The lowest BCUT2D eigenvalue weighted by molar-refractivity contribution is -0.167. The van der Waals surface area contributed by atoms with E-state index in [-0.39, 0.29) is 31.1 Å². The molecule has 1 unspecified atom stereocenters. The molecule has 0 saturated carbocycles. The predicted molar refractivity (Wildman–Crippen MR) is 283 cm³/mol. The van der Waals surface area contributed by atoms with E-state index in [1.807, 2.05) is 18.2 Å². The number of allylic oxidation sites excluding steroid dienone is 18. The third-order valence-electron chi connectivity index (χ3n) is 11.2. The SMILES string of the molecule is CC\C=C/C=C\C=C/C=C\CCCCCCCC(=O)OC(COC(=O)CCCCCCC/C=C\C=C/CCCCCCCCC)COC(=O)CCCCCCCCC\C=C/C=C\C=C/CC. The number of ether oxygens (including phenoxy) is 3. The van der Waals surface area contributed by atoms with Crippen molar-refractivity contribution in [1.82, 2.24) is 0 Å². The molecule has 0 bridgehead atoms. The summed E-state index contributed by atoms with van der Waals surface area (Å²) in [6.07, 6.45) is 72.1. The van der Waals surface area contributed by atoms with Gasteiger partial charge < -0.3 is 14.2 Å². The van der Waals surface area contributed by atoms with E-state index in [9.17, 15) is 14.4 Å². The Kier molecular flexibility index (Phi) is 50.5. The van der Waals surface area contributed by atoms with E-state index in [0.29, 0.717) is 19.3 Å². The quantitative estimate of drug-likeness (QED) is 0.0262. The molecule has 0 heterocycles. The summed E-state index contributed by atoms with van der Waals surface area (Å²) in [6.45, 7) is 6.32. The van der Waals surface area contributed by atoms with Crippen molar-refractivity contribution in [1.29, 1.82) is 0 Å². The topological polar surface area (TPSA) is 78.9 Å². The summed E-state index contributed by atoms with van der Waals surface area (Å²) >= 11 is 0. The first-order valence-electron chi connectivity index (χ1n) is 27.0. The molecule has 6 heteroatoms. The van der Waals surface area contributed by atoms with Crippen LogP contribution in [0.4, 0.5) is 0 Å². The molecule has 1 atom stereocenters. The van der Waals surface area contributed by atoms with Crippen LogP contribution in [0.3, 0.4) is 0 Å². The van der Waals surface area contributed by atoms with Gasteiger partial charge in [0.15, 0.2) is 6.10 Å². The van der Waals surface area contributed by atoms with Crippen molar-refractivity contribution in [3.63, 3.8) is 0 Å². The van der Waals surface area contributed by atoms with E-state index >= 15 is 0 Å². The molecule has 0 fully saturated rings. The van der Waals surface area contributed by atoms with Gasteiger partial charge in [-0.1, -0.05) is 239 Å². The van der Waals surface area contributed by atoms with E-state index in [4.69, 9.17) is 14.2 Å². The molecular formula is C60H98O6. The van der Waals surface area contributed by atoms with E-state index in [0.717, 1.165) is 116 Å². The molecule has 0 N–H and O–H groups in total.